The fraction of sp³-hybridized carbons (Fsp3) is 0.529. The molecule has 7 heteroatoms. The maximum Gasteiger partial charge on any atom is 0.407 e. The van der Waals surface area contributed by atoms with Crippen LogP contribution in [-0.4, -0.2) is 49.7 Å². The number of hydrogen-bond acceptors (Lipinski definition) is 4. The smallest absolute Gasteiger partial charge is 0.407 e. The quantitative estimate of drug-likeness (QED) is 0.763. The van der Waals surface area contributed by atoms with Crippen molar-refractivity contribution in [2.75, 3.05) is 18.4 Å². The Balaban J connectivity index is 1.98. The van der Waals surface area contributed by atoms with Gasteiger partial charge in [0.25, 0.3) is 0 Å². The lowest BCUT2D eigenvalue weighted by atomic mass is 9.83. The van der Waals surface area contributed by atoms with E-state index in [2.05, 4.69) is 9.71 Å². The summed E-state index contributed by atoms with van der Waals surface area (Å²) in [5.74, 6) is 0. The van der Waals surface area contributed by atoms with Crippen molar-refractivity contribution in [2.45, 2.75) is 43.9 Å². The van der Waals surface area contributed by atoms with Gasteiger partial charge >= 0.3 is 6.09 Å². The summed E-state index contributed by atoms with van der Waals surface area (Å²) < 4.78 is 16.8. The minimum Gasteiger partial charge on any atom is -0.591 e. The van der Waals surface area contributed by atoms with E-state index >= 15 is 0 Å². The van der Waals surface area contributed by atoms with Crippen LogP contribution in [0.2, 0.25) is 0 Å². The number of likely N-dealkylation sites (tertiary alicyclic amines) is 1. The summed E-state index contributed by atoms with van der Waals surface area (Å²) in [6.07, 6.45) is 0.347. The number of carboxylic acid groups (broad SMARTS) is 1. The van der Waals surface area contributed by atoms with Crippen LogP contribution in [-0.2, 0) is 11.4 Å². The van der Waals surface area contributed by atoms with Crippen LogP contribution in [0.5, 0.6) is 0 Å². The van der Waals surface area contributed by atoms with Gasteiger partial charge in [0.05, 0.1) is 5.54 Å². The third-order valence-electron chi connectivity index (χ3n) is 4.59. The van der Waals surface area contributed by atoms with Crippen molar-refractivity contribution in [1.82, 2.24) is 4.90 Å². The van der Waals surface area contributed by atoms with Crippen LogP contribution in [0.25, 0.3) is 0 Å². The average molecular weight is 349 g/mol. The second-order valence-corrected chi connectivity index (χ2v) is 9.23. The number of benzene rings is 1. The number of para-hydroxylation sites is 1. The SMILES string of the molecule is CC(C)(C)[S@@+]([O-])/N=C1\c2ccccc2NC12CCN(C(=O)O)CC2. The normalized spacial score (nSPS) is 22.3. The van der Waals surface area contributed by atoms with E-state index in [0.29, 0.717) is 25.9 Å². The molecule has 0 radical (unpaired) electrons. The molecule has 24 heavy (non-hydrogen) atoms. The highest BCUT2D eigenvalue weighted by Crippen LogP contribution is 2.40. The second-order valence-electron chi connectivity index (χ2n) is 7.32. The monoisotopic (exact) mass is 349 g/mol. The molecule has 6 nitrogen and oxygen atoms in total. The van der Waals surface area contributed by atoms with Gasteiger partial charge in [-0.15, -0.1) is 0 Å². The topological polar surface area (TPSA) is 88.0 Å². The van der Waals surface area contributed by atoms with Crippen molar-refractivity contribution in [3.8, 4) is 0 Å². The lowest BCUT2D eigenvalue weighted by Crippen LogP contribution is -2.53. The number of piperidine rings is 1. The first kappa shape index (κ1) is 17.1. The highest BCUT2D eigenvalue weighted by Gasteiger charge is 2.47. The zero-order valence-electron chi connectivity index (χ0n) is 14.2. The van der Waals surface area contributed by atoms with Crippen LogP contribution in [0, 0.1) is 0 Å². The Morgan fingerprint density at radius 1 is 1.33 bits per heavy atom. The van der Waals surface area contributed by atoms with E-state index in [1.54, 1.807) is 0 Å². The van der Waals surface area contributed by atoms with Gasteiger partial charge in [-0.2, -0.15) is 0 Å². The summed E-state index contributed by atoms with van der Waals surface area (Å²) in [5, 5.41) is 12.7. The van der Waals surface area contributed by atoms with E-state index in [0.717, 1.165) is 17.0 Å². The Hall–Kier alpha value is -1.73. The fourth-order valence-electron chi connectivity index (χ4n) is 3.17. The summed E-state index contributed by atoms with van der Waals surface area (Å²) in [6.45, 7) is 6.60. The number of fused-ring (bicyclic) bond motifs is 1. The van der Waals surface area contributed by atoms with Crippen molar-refractivity contribution < 1.29 is 14.5 Å². The molecule has 2 aliphatic rings. The van der Waals surface area contributed by atoms with Crippen molar-refractivity contribution >= 4 is 28.9 Å². The summed E-state index contributed by atoms with van der Waals surface area (Å²) in [6, 6.07) is 7.87. The van der Waals surface area contributed by atoms with E-state index < -0.39 is 27.7 Å². The van der Waals surface area contributed by atoms with Gasteiger partial charge in [0.15, 0.2) is 0 Å². The van der Waals surface area contributed by atoms with Gasteiger partial charge in [0, 0.05) is 24.3 Å². The number of hydrogen-bond donors (Lipinski definition) is 2. The minimum absolute atomic E-state index is 0.434. The Bertz CT molecular complexity index is 676. The Kier molecular flexibility index (Phi) is 4.25. The largest absolute Gasteiger partial charge is 0.591 e. The summed E-state index contributed by atoms with van der Waals surface area (Å²) in [7, 11) is 0. The summed E-state index contributed by atoms with van der Waals surface area (Å²) in [5.41, 5.74) is 2.32. The van der Waals surface area contributed by atoms with Crippen molar-refractivity contribution in [1.29, 1.82) is 0 Å². The molecule has 0 unspecified atom stereocenters. The van der Waals surface area contributed by atoms with E-state index in [4.69, 9.17) is 0 Å². The molecule has 2 N–H and O–H groups in total. The summed E-state index contributed by atoms with van der Waals surface area (Å²) >= 11 is -1.36. The molecule has 2 aliphatic heterocycles. The molecule has 0 aromatic heterocycles. The average Bonchev–Trinajstić information content (AvgIpc) is 2.80. The van der Waals surface area contributed by atoms with E-state index in [9.17, 15) is 14.5 Å². The van der Waals surface area contributed by atoms with Crippen LogP contribution >= 0.6 is 0 Å². The lowest BCUT2D eigenvalue weighted by Gasteiger charge is -2.38. The van der Waals surface area contributed by atoms with Gasteiger partial charge in [-0.05, 0) is 39.7 Å². The highest BCUT2D eigenvalue weighted by molar-refractivity contribution is 7.91. The first-order valence-electron chi connectivity index (χ1n) is 8.10. The van der Waals surface area contributed by atoms with Gasteiger partial charge < -0.3 is 19.9 Å². The van der Waals surface area contributed by atoms with E-state index in [1.807, 2.05) is 45.0 Å². The number of rotatable bonds is 1. The maximum absolute atomic E-state index is 12.6. The molecule has 0 aliphatic carbocycles. The summed E-state index contributed by atoms with van der Waals surface area (Å²) in [4.78, 5) is 12.6. The number of nitrogens with zero attached hydrogens (tertiary/aromatic N) is 2. The number of nitrogens with one attached hydrogen (secondary N) is 1. The van der Waals surface area contributed by atoms with Crippen molar-refractivity contribution in [2.24, 2.45) is 4.40 Å². The molecule has 130 valence electrons. The zero-order valence-corrected chi connectivity index (χ0v) is 15.0. The third-order valence-corrected chi connectivity index (χ3v) is 5.99. The van der Waals surface area contributed by atoms with Gasteiger partial charge in [0.2, 0.25) is 0 Å². The lowest BCUT2D eigenvalue weighted by molar-refractivity contribution is 0.130. The van der Waals surface area contributed by atoms with E-state index in [1.165, 1.54) is 4.90 Å². The molecule has 3 rings (SSSR count). The number of amides is 1. The molecule has 0 saturated carbocycles. The Morgan fingerprint density at radius 2 is 1.96 bits per heavy atom. The molecule has 1 fully saturated rings. The van der Waals surface area contributed by atoms with Crippen LogP contribution in [0.1, 0.15) is 39.2 Å². The third kappa shape index (κ3) is 2.98. The predicted octanol–water partition coefficient (Wildman–Crippen LogP) is 2.88. The molecule has 2 heterocycles. The van der Waals surface area contributed by atoms with Gasteiger partial charge in [-0.1, -0.05) is 22.6 Å². The number of carbonyl (C=O) groups is 1. The molecule has 1 atom stereocenters. The molecular weight excluding hydrogens is 326 g/mol. The first-order valence-corrected chi connectivity index (χ1v) is 9.20. The van der Waals surface area contributed by atoms with Crippen LogP contribution in [0.15, 0.2) is 28.7 Å². The Labute approximate surface area is 145 Å². The van der Waals surface area contributed by atoms with Gasteiger partial charge in [-0.3, -0.25) is 0 Å². The van der Waals surface area contributed by atoms with E-state index in [-0.39, 0.29) is 0 Å². The fourth-order valence-corrected chi connectivity index (χ4v) is 3.88. The van der Waals surface area contributed by atoms with Crippen molar-refractivity contribution in [3.05, 3.63) is 29.8 Å². The van der Waals surface area contributed by atoms with Crippen LogP contribution in [0.4, 0.5) is 10.5 Å². The molecule has 1 aromatic rings. The number of anilines is 1. The minimum atomic E-state index is -1.36. The molecule has 1 amide bonds. The van der Waals surface area contributed by atoms with Crippen LogP contribution < -0.4 is 5.32 Å². The van der Waals surface area contributed by atoms with Gasteiger partial charge in [-0.25, -0.2) is 4.79 Å². The Morgan fingerprint density at radius 3 is 2.54 bits per heavy atom. The molecular formula is C17H23N3O3S. The zero-order chi connectivity index (χ0) is 17.5. The molecule has 0 bridgehead atoms. The first-order chi connectivity index (χ1) is 11.2. The van der Waals surface area contributed by atoms with Gasteiger partial charge in [0.1, 0.15) is 21.8 Å². The van der Waals surface area contributed by atoms with Crippen LogP contribution in [0.3, 0.4) is 0 Å². The molecule has 1 aromatic carbocycles. The highest BCUT2D eigenvalue weighted by atomic mass is 32.2. The second kappa shape index (κ2) is 5.97. The predicted molar refractivity (Wildman–Crippen MR) is 96.1 cm³/mol. The maximum atomic E-state index is 12.6. The van der Waals surface area contributed by atoms with Crippen molar-refractivity contribution in [3.63, 3.8) is 0 Å². The molecule has 1 saturated heterocycles. The molecule has 1 spiro atoms. The standard InChI is InChI=1S/C17H23N3O3S/c1-16(2,3)24(23)19-14-12-6-4-5-7-13(12)18-17(14)8-10-20(11-9-17)15(21)22/h4-7,18H,8-11H2,1-3H3,(H,21,22)/b19-14+/t24-/m1/s1.